The Morgan fingerprint density at radius 1 is 1.59 bits per heavy atom. The van der Waals surface area contributed by atoms with Crippen molar-refractivity contribution in [2.24, 2.45) is 0 Å². The number of thiazole rings is 1. The first kappa shape index (κ1) is 15.1. The van der Waals surface area contributed by atoms with E-state index in [4.69, 9.17) is 4.98 Å². The predicted molar refractivity (Wildman–Crippen MR) is 84.1 cm³/mol. The first-order valence-electron chi connectivity index (χ1n) is 7.56. The summed E-state index contributed by atoms with van der Waals surface area (Å²) in [6.07, 6.45) is 7.10. The summed E-state index contributed by atoms with van der Waals surface area (Å²) in [5.41, 5.74) is 1.29. The van der Waals surface area contributed by atoms with Gasteiger partial charge in [-0.1, -0.05) is 6.92 Å². The van der Waals surface area contributed by atoms with Crippen LogP contribution in [-0.2, 0) is 19.4 Å². The van der Waals surface area contributed by atoms with Gasteiger partial charge in [0.2, 0.25) is 0 Å². The van der Waals surface area contributed by atoms with E-state index in [-0.39, 0.29) is 5.69 Å². The van der Waals surface area contributed by atoms with Gasteiger partial charge in [0.05, 0.1) is 22.2 Å². The average Bonchev–Trinajstić information content (AvgIpc) is 3.13. The Bertz CT molecular complexity index is 666. The largest absolute Gasteiger partial charge is 0.307 e. The van der Waals surface area contributed by atoms with Crippen LogP contribution in [0, 0.1) is 10.1 Å². The lowest BCUT2D eigenvalue weighted by Gasteiger charge is -2.22. The molecule has 0 saturated carbocycles. The van der Waals surface area contributed by atoms with E-state index in [0.717, 1.165) is 32.2 Å². The molecule has 0 aliphatic heterocycles. The smallest absolute Gasteiger partial charge is 0.306 e. The normalized spacial score (nSPS) is 17.4. The third kappa shape index (κ3) is 3.17. The summed E-state index contributed by atoms with van der Waals surface area (Å²) in [6, 6.07) is 0.354. The molecular weight excluding hydrogens is 302 g/mol. The van der Waals surface area contributed by atoms with Crippen molar-refractivity contribution in [3.05, 3.63) is 38.1 Å². The minimum atomic E-state index is -0.423. The van der Waals surface area contributed by atoms with Crippen molar-refractivity contribution < 1.29 is 4.92 Å². The fraction of sp³-hybridized carbons (Fsp3) is 0.571. The molecule has 1 N–H and O–H groups in total. The number of nitro groups is 1. The van der Waals surface area contributed by atoms with E-state index in [0.29, 0.717) is 12.6 Å². The van der Waals surface area contributed by atoms with E-state index in [1.165, 1.54) is 28.0 Å². The highest BCUT2D eigenvalue weighted by Crippen LogP contribution is 2.34. The summed E-state index contributed by atoms with van der Waals surface area (Å²) < 4.78 is 1.61. The third-order valence-electron chi connectivity index (χ3n) is 3.86. The first-order chi connectivity index (χ1) is 10.7. The van der Waals surface area contributed by atoms with Crippen LogP contribution in [0.5, 0.6) is 0 Å². The van der Waals surface area contributed by atoms with Crippen molar-refractivity contribution in [2.45, 2.75) is 45.2 Å². The van der Waals surface area contributed by atoms with Gasteiger partial charge in [-0.15, -0.1) is 11.3 Å². The maximum absolute atomic E-state index is 10.6. The maximum Gasteiger partial charge on any atom is 0.306 e. The quantitative estimate of drug-likeness (QED) is 0.652. The summed E-state index contributed by atoms with van der Waals surface area (Å²) in [4.78, 5) is 16.3. The second kappa shape index (κ2) is 6.53. The van der Waals surface area contributed by atoms with Crippen LogP contribution in [0.15, 0.2) is 12.4 Å². The molecule has 0 bridgehead atoms. The van der Waals surface area contributed by atoms with E-state index >= 15 is 0 Å². The molecule has 0 fully saturated rings. The van der Waals surface area contributed by atoms with Gasteiger partial charge in [-0.3, -0.25) is 14.8 Å². The molecule has 0 saturated heterocycles. The Morgan fingerprint density at radius 2 is 2.45 bits per heavy atom. The molecule has 3 rings (SSSR count). The Hall–Kier alpha value is -1.80. The van der Waals surface area contributed by atoms with Gasteiger partial charge < -0.3 is 5.32 Å². The van der Waals surface area contributed by atoms with Crippen molar-refractivity contribution in [2.75, 3.05) is 6.54 Å². The molecule has 2 heterocycles. The third-order valence-corrected chi connectivity index (χ3v) is 5.21. The number of nitrogens with one attached hydrogen (secondary N) is 1. The van der Waals surface area contributed by atoms with Crippen molar-refractivity contribution in [3.8, 4) is 0 Å². The van der Waals surface area contributed by atoms with Gasteiger partial charge in [-0.05, 0) is 25.7 Å². The first-order valence-corrected chi connectivity index (χ1v) is 8.37. The molecule has 1 aliphatic rings. The van der Waals surface area contributed by atoms with Crippen LogP contribution in [0.25, 0.3) is 0 Å². The molecule has 118 valence electrons. The molecular formula is C14H19N5O2S. The van der Waals surface area contributed by atoms with Crippen molar-refractivity contribution in [1.82, 2.24) is 20.1 Å². The van der Waals surface area contributed by atoms with E-state index in [9.17, 15) is 10.1 Å². The van der Waals surface area contributed by atoms with Crippen LogP contribution in [-0.4, -0.2) is 26.2 Å². The summed E-state index contributed by atoms with van der Waals surface area (Å²) in [5.74, 6) is 0. The van der Waals surface area contributed by atoms with Crippen LogP contribution in [0.1, 0.15) is 41.4 Å². The molecule has 22 heavy (non-hydrogen) atoms. The highest BCUT2D eigenvalue weighted by molar-refractivity contribution is 7.11. The number of hydrogen-bond donors (Lipinski definition) is 1. The molecule has 7 nitrogen and oxygen atoms in total. The lowest BCUT2D eigenvalue weighted by molar-refractivity contribution is -0.385. The predicted octanol–water partition coefficient (Wildman–Crippen LogP) is 2.48. The number of rotatable bonds is 6. The van der Waals surface area contributed by atoms with Crippen LogP contribution in [0.4, 0.5) is 5.69 Å². The van der Waals surface area contributed by atoms with Crippen molar-refractivity contribution in [3.63, 3.8) is 0 Å². The van der Waals surface area contributed by atoms with Crippen molar-refractivity contribution >= 4 is 17.0 Å². The van der Waals surface area contributed by atoms with E-state index in [1.54, 1.807) is 4.68 Å². The molecule has 0 spiro atoms. The lowest BCUT2D eigenvalue weighted by atomic mass is 9.98. The Morgan fingerprint density at radius 3 is 3.18 bits per heavy atom. The molecule has 8 heteroatoms. The Balaban J connectivity index is 1.58. The maximum atomic E-state index is 10.6. The Kier molecular flexibility index (Phi) is 4.49. The fourth-order valence-electron chi connectivity index (χ4n) is 2.74. The average molecular weight is 321 g/mol. The zero-order valence-corrected chi connectivity index (χ0v) is 13.3. The molecule has 2 aromatic rings. The van der Waals surface area contributed by atoms with Crippen LogP contribution < -0.4 is 5.32 Å². The van der Waals surface area contributed by atoms with Gasteiger partial charge in [0, 0.05) is 17.5 Å². The lowest BCUT2D eigenvalue weighted by Crippen LogP contribution is -2.27. The molecule has 0 radical (unpaired) electrons. The van der Waals surface area contributed by atoms with Crippen LogP contribution in [0.2, 0.25) is 0 Å². The number of nitrogens with zero attached hydrogens (tertiary/aromatic N) is 4. The summed E-state index contributed by atoms with van der Waals surface area (Å²) in [6.45, 7) is 3.50. The van der Waals surface area contributed by atoms with Gasteiger partial charge in [0.15, 0.2) is 0 Å². The standard InChI is InChI=1S/C14H19N5O2S/c1-2-13-17-12-5-3-4-11(14(12)22-13)15-6-7-18-9-10(8-16-18)19(20)21/h8-9,11,15H,2-7H2,1H3/t11-/m0/s1. The SMILES string of the molecule is CCc1nc2c(s1)[C@@H](NCCn1cc([N+](=O)[O-])cn1)CCC2. The zero-order valence-electron chi connectivity index (χ0n) is 12.5. The van der Waals surface area contributed by atoms with E-state index in [2.05, 4.69) is 17.3 Å². The molecule has 2 aromatic heterocycles. The van der Waals surface area contributed by atoms with E-state index < -0.39 is 4.92 Å². The van der Waals surface area contributed by atoms with Gasteiger partial charge >= 0.3 is 5.69 Å². The zero-order chi connectivity index (χ0) is 15.5. The highest BCUT2D eigenvalue weighted by Gasteiger charge is 2.23. The number of aryl methyl sites for hydroxylation is 2. The molecule has 1 aliphatic carbocycles. The monoisotopic (exact) mass is 321 g/mol. The topological polar surface area (TPSA) is 85.9 Å². The number of aromatic nitrogens is 3. The number of hydrogen-bond acceptors (Lipinski definition) is 6. The second-order valence-electron chi connectivity index (χ2n) is 5.39. The molecule has 0 amide bonds. The molecule has 1 atom stereocenters. The summed E-state index contributed by atoms with van der Waals surface area (Å²) in [7, 11) is 0. The fourth-order valence-corrected chi connectivity index (χ4v) is 3.90. The summed E-state index contributed by atoms with van der Waals surface area (Å²) in [5, 5.41) is 19.4. The second-order valence-corrected chi connectivity index (χ2v) is 6.50. The summed E-state index contributed by atoms with van der Waals surface area (Å²) >= 11 is 1.81. The minimum absolute atomic E-state index is 0.0370. The molecule has 0 aromatic carbocycles. The van der Waals surface area contributed by atoms with Gasteiger partial charge in [0.25, 0.3) is 0 Å². The highest BCUT2D eigenvalue weighted by atomic mass is 32.1. The molecule has 0 unspecified atom stereocenters. The Labute approximate surface area is 132 Å². The number of fused-ring (bicyclic) bond motifs is 1. The van der Waals surface area contributed by atoms with Gasteiger partial charge in [-0.25, -0.2) is 4.98 Å². The van der Waals surface area contributed by atoms with E-state index in [1.807, 2.05) is 11.3 Å². The van der Waals surface area contributed by atoms with Crippen LogP contribution >= 0.6 is 11.3 Å². The van der Waals surface area contributed by atoms with Gasteiger partial charge in [-0.2, -0.15) is 5.10 Å². The van der Waals surface area contributed by atoms with Gasteiger partial charge in [0.1, 0.15) is 12.4 Å². The van der Waals surface area contributed by atoms with Crippen molar-refractivity contribution in [1.29, 1.82) is 0 Å². The minimum Gasteiger partial charge on any atom is -0.307 e. The van der Waals surface area contributed by atoms with Crippen LogP contribution in [0.3, 0.4) is 0 Å².